The van der Waals surface area contributed by atoms with Crippen LogP contribution in [0.4, 0.5) is 5.69 Å². The minimum absolute atomic E-state index is 0.143. The molecule has 1 amide bonds. The van der Waals surface area contributed by atoms with Gasteiger partial charge < -0.3 is 9.42 Å². The molecule has 0 aliphatic carbocycles. The number of likely N-dealkylation sites (N-methyl/N-ethyl adjacent to an activating group) is 1. The largest absolute Gasteiger partial charge is 0.361 e. The highest BCUT2D eigenvalue weighted by atomic mass is 16.5. The van der Waals surface area contributed by atoms with Crippen LogP contribution in [0.5, 0.6) is 0 Å². The first-order valence-corrected chi connectivity index (χ1v) is 8.00. The third-order valence-electron chi connectivity index (χ3n) is 4.76. The lowest BCUT2D eigenvalue weighted by atomic mass is 10.1. The minimum Gasteiger partial charge on any atom is -0.361 e. The quantitative estimate of drug-likeness (QED) is 0.871. The molecule has 5 heteroatoms. The summed E-state index contributed by atoms with van der Waals surface area (Å²) in [6.07, 6.45) is 0.933. The van der Waals surface area contributed by atoms with Crippen LogP contribution in [-0.2, 0) is 17.8 Å². The number of fused-ring (bicyclic) bond motifs is 1. The fourth-order valence-electron chi connectivity index (χ4n) is 3.10. The van der Waals surface area contributed by atoms with E-state index in [1.807, 2.05) is 50.9 Å². The second-order valence-corrected chi connectivity index (χ2v) is 6.26. The lowest BCUT2D eigenvalue weighted by molar-refractivity contribution is -0.122. The summed E-state index contributed by atoms with van der Waals surface area (Å²) >= 11 is 0. The van der Waals surface area contributed by atoms with Crippen molar-refractivity contribution in [2.75, 3.05) is 18.5 Å². The summed E-state index contributed by atoms with van der Waals surface area (Å²) in [7, 11) is 1.97. The Labute approximate surface area is 136 Å². The number of hydrogen-bond donors (Lipinski definition) is 0. The third kappa shape index (κ3) is 2.88. The van der Waals surface area contributed by atoms with Crippen molar-refractivity contribution >= 4 is 11.6 Å². The van der Waals surface area contributed by atoms with Crippen molar-refractivity contribution in [3.63, 3.8) is 0 Å². The normalized spacial score (nSPS) is 15.1. The summed E-state index contributed by atoms with van der Waals surface area (Å²) in [4.78, 5) is 16.9. The van der Waals surface area contributed by atoms with Crippen LogP contribution in [0.2, 0.25) is 0 Å². The molecule has 0 radical (unpaired) electrons. The van der Waals surface area contributed by atoms with E-state index in [9.17, 15) is 4.79 Å². The Morgan fingerprint density at radius 1 is 1.39 bits per heavy atom. The Hall–Kier alpha value is -2.14. The van der Waals surface area contributed by atoms with Crippen molar-refractivity contribution < 1.29 is 9.32 Å². The number of para-hydroxylation sites is 1. The average Bonchev–Trinajstić information content (AvgIpc) is 3.11. The van der Waals surface area contributed by atoms with Gasteiger partial charge in [0.25, 0.3) is 0 Å². The number of anilines is 1. The Morgan fingerprint density at radius 2 is 2.13 bits per heavy atom. The Balaban J connectivity index is 1.73. The predicted octanol–water partition coefficient (Wildman–Crippen LogP) is 2.70. The summed E-state index contributed by atoms with van der Waals surface area (Å²) in [5, 5.41) is 3.98. The van der Waals surface area contributed by atoms with Crippen LogP contribution in [0, 0.1) is 13.8 Å². The van der Waals surface area contributed by atoms with Crippen molar-refractivity contribution in [1.29, 1.82) is 0 Å². The SMILES string of the molecule is Cc1noc(C)c1CN(C)[C@@H](C)C(=O)N1CCc2ccccc21. The molecule has 0 spiro atoms. The van der Waals surface area contributed by atoms with Crippen molar-refractivity contribution in [2.45, 2.75) is 39.8 Å². The standard InChI is InChI=1S/C18H23N3O2/c1-12-16(14(3)23-19-12)11-20(4)13(2)18(22)21-10-9-15-7-5-6-8-17(15)21/h5-8,13H,9-11H2,1-4H3/t13-/m0/s1. The maximum atomic E-state index is 12.9. The molecule has 5 nitrogen and oxygen atoms in total. The van der Waals surface area contributed by atoms with Crippen LogP contribution in [0.1, 0.15) is 29.5 Å². The molecule has 2 heterocycles. The van der Waals surface area contributed by atoms with Gasteiger partial charge in [-0.2, -0.15) is 0 Å². The van der Waals surface area contributed by atoms with Gasteiger partial charge in [-0.3, -0.25) is 9.69 Å². The summed E-state index contributed by atoms with van der Waals surface area (Å²) in [6, 6.07) is 7.94. The van der Waals surface area contributed by atoms with Gasteiger partial charge in [-0.15, -0.1) is 0 Å². The van der Waals surface area contributed by atoms with E-state index >= 15 is 0 Å². The lowest BCUT2D eigenvalue weighted by Crippen LogP contribution is -2.45. The Kier molecular flexibility index (Phi) is 4.22. The summed E-state index contributed by atoms with van der Waals surface area (Å²) < 4.78 is 5.21. The number of benzene rings is 1. The molecule has 0 N–H and O–H groups in total. The molecule has 122 valence electrons. The molecule has 3 rings (SSSR count). The van der Waals surface area contributed by atoms with Crippen molar-refractivity contribution in [3.8, 4) is 0 Å². The van der Waals surface area contributed by atoms with Crippen molar-refractivity contribution in [2.24, 2.45) is 0 Å². The molecule has 0 saturated heterocycles. The first kappa shape index (κ1) is 15.7. The van der Waals surface area contributed by atoms with Crippen LogP contribution in [-0.4, -0.2) is 35.6 Å². The molecule has 23 heavy (non-hydrogen) atoms. The summed E-state index contributed by atoms with van der Waals surface area (Å²) in [5.41, 5.74) is 4.26. The van der Waals surface area contributed by atoms with E-state index in [0.717, 1.165) is 35.7 Å². The van der Waals surface area contributed by atoms with E-state index in [1.54, 1.807) is 0 Å². The zero-order valence-electron chi connectivity index (χ0n) is 14.2. The molecule has 1 atom stereocenters. The van der Waals surface area contributed by atoms with Gasteiger partial charge in [0, 0.05) is 24.3 Å². The maximum Gasteiger partial charge on any atom is 0.244 e. The average molecular weight is 313 g/mol. The van der Waals surface area contributed by atoms with Gasteiger partial charge in [0.15, 0.2) is 0 Å². The predicted molar refractivity (Wildman–Crippen MR) is 89.4 cm³/mol. The van der Waals surface area contributed by atoms with E-state index in [1.165, 1.54) is 5.56 Å². The number of hydrogen-bond acceptors (Lipinski definition) is 4. The van der Waals surface area contributed by atoms with Gasteiger partial charge in [-0.05, 0) is 45.9 Å². The zero-order valence-corrected chi connectivity index (χ0v) is 14.2. The summed E-state index contributed by atoms with van der Waals surface area (Å²) in [6.45, 7) is 7.22. The second-order valence-electron chi connectivity index (χ2n) is 6.26. The van der Waals surface area contributed by atoms with Crippen LogP contribution in [0.25, 0.3) is 0 Å². The van der Waals surface area contributed by atoms with Gasteiger partial charge in [-0.25, -0.2) is 0 Å². The van der Waals surface area contributed by atoms with Crippen molar-refractivity contribution in [3.05, 3.63) is 46.8 Å². The lowest BCUT2D eigenvalue weighted by Gasteiger charge is -2.28. The number of aryl methyl sites for hydroxylation is 2. The van der Waals surface area contributed by atoms with E-state index in [2.05, 4.69) is 16.1 Å². The molecule has 1 aliphatic heterocycles. The number of carbonyl (C=O) groups excluding carboxylic acids is 1. The van der Waals surface area contributed by atoms with Gasteiger partial charge in [0.2, 0.25) is 5.91 Å². The minimum atomic E-state index is -0.199. The molecule has 0 fully saturated rings. The molecule has 1 aliphatic rings. The van der Waals surface area contributed by atoms with E-state index in [0.29, 0.717) is 6.54 Å². The van der Waals surface area contributed by atoms with Crippen LogP contribution >= 0.6 is 0 Å². The molecule has 0 unspecified atom stereocenters. The number of nitrogens with zero attached hydrogens (tertiary/aromatic N) is 3. The Morgan fingerprint density at radius 3 is 2.83 bits per heavy atom. The van der Waals surface area contributed by atoms with Gasteiger partial charge in [0.05, 0.1) is 11.7 Å². The highest BCUT2D eigenvalue weighted by Gasteiger charge is 2.30. The first-order chi connectivity index (χ1) is 11.0. The molecule has 0 saturated carbocycles. The van der Waals surface area contributed by atoms with Crippen LogP contribution in [0.15, 0.2) is 28.8 Å². The fraction of sp³-hybridized carbons (Fsp3) is 0.444. The van der Waals surface area contributed by atoms with Crippen LogP contribution in [0.3, 0.4) is 0 Å². The Bertz CT molecular complexity index is 703. The van der Waals surface area contributed by atoms with E-state index < -0.39 is 0 Å². The van der Waals surface area contributed by atoms with E-state index in [-0.39, 0.29) is 11.9 Å². The number of aromatic nitrogens is 1. The number of carbonyl (C=O) groups is 1. The van der Waals surface area contributed by atoms with Crippen molar-refractivity contribution in [1.82, 2.24) is 10.1 Å². The fourth-order valence-corrected chi connectivity index (χ4v) is 3.10. The molecule has 1 aromatic carbocycles. The molecule has 1 aromatic heterocycles. The maximum absolute atomic E-state index is 12.9. The highest BCUT2D eigenvalue weighted by Crippen LogP contribution is 2.28. The monoisotopic (exact) mass is 313 g/mol. The topological polar surface area (TPSA) is 49.6 Å². The van der Waals surface area contributed by atoms with Gasteiger partial charge in [0.1, 0.15) is 5.76 Å². The summed E-state index contributed by atoms with van der Waals surface area (Å²) in [5.74, 6) is 0.963. The van der Waals surface area contributed by atoms with Gasteiger partial charge >= 0.3 is 0 Å². The first-order valence-electron chi connectivity index (χ1n) is 8.00. The van der Waals surface area contributed by atoms with Gasteiger partial charge in [-0.1, -0.05) is 23.4 Å². The zero-order chi connectivity index (χ0) is 16.6. The molecular formula is C18H23N3O2. The number of rotatable bonds is 4. The second kappa shape index (κ2) is 6.16. The third-order valence-corrected chi connectivity index (χ3v) is 4.76. The number of amides is 1. The molecule has 0 bridgehead atoms. The molecular weight excluding hydrogens is 290 g/mol. The smallest absolute Gasteiger partial charge is 0.244 e. The molecule has 2 aromatic rings. The van der Waals surface area contributed by atoms with Crippen LogP contribution < -0.4 is 4.90 Å². The van der Waals surface area contributed by atoms with E-state index in [4.69, 9.17) is 4.52 Å². The highest BCUT2D eigenvalue weighted by molar-refractivity contribution is 5.98.